The highest BCUT2D eigenvalue weighted by Crippen LogP contribution is 2.21. The topological polar surface area (TPSA) is 92.9 Å². The lowest BCUT2D eigenvalue weighted by molar-refractivity contribution is 0.0945. The molecule has 0 aliphatic rings. The summed E-state index contributed by atoms with van der Waals surface area (Å²) in [6.07, 6.45) is 0. The van der Waals surface area contributed by atoms with Crippen LogP contribution in [0, 0.1) is 0 Å². The number of nitrogens with one attached hydrogen (secondary N) is 2. The maximum atomic E-state index is 11.7. The zero-order valence-corrected chi connectivity index (χ0v) is 10.8. The zero-order valence-electron chi connectivity index (χ0n) is 9.18. The Morgan fingerprint density at radius 2 is 2.17 bits per heavy atom. The molecule has 0 fully saturated rings. The van der Waals surface area contributed by atoms with Crippen molar-refractivity contribution in [2.45, 2.75) is 6.54 Å². The van der Waals surface area contributed by atoms with Crippen molar-refractivity contribution in [2.75, 3.05) is 5.43 Å². The summed E-state index contributed by atoms with van der Waals surface area (Å²) in [7, 11) is 0. The molecular formula is C10H10ClN5OS. The van der Waals surface area contributed by atoms with Crippen LogP contribution >= 0.6 is 22.9 Å². The van der Waals surface area contributed by atoms with Gasteiger partial charge in [-0.3, -0.25) is 4.79 Å². The van der Waals surface area contributed by atoms with E-state index in [0.29, 0.717) is 16.7 Å². The van der Waals surface area contributed by atoms with Crippen LogP contribution in [0.5, 0.6) is 0 Å². The Kier molecular flexibility index (Phi) is 4.08. The van der Waals surface area contributed by atoms with Gasteiger partial charge in [-0.15, -0.1) is 21.5 Å². The number of aromatic nitrogens is 2. The number of hydrazine groups is 1. The monoisotopic (exact) mass is 283 g/mol. The lowest BCUT2D eigenvalue weighted by Gasteiger charge is -2.03. The molecule has 0 radical (unpaired) electrons. The van der Waals surface area contributed by atoms with Crippen LogP contribution in [-0.4, -0.2) is 16.1 Å². The van der Waals surface area contributed by atoms with Crippen LogP contribution in [0.2, 0.25) is 4.34 Å². The van der Waals surface area contributed by atoms with E-state index < -0.39 is 0 Å². The zero-order chi connectivity index (χ0) is 13.0. The minimum atomic E-state index is -0.296. The van der Waals surface area contributed by atoms with Gasteiger partial charge in [-0.1, -0.05) is 11.6 Å². The third-order valence-electron chi connectivity index (χ3n) is 2.10. The molecule has 0 atom stereocenters. The van der Waals surface area contributed by atoms with E-state index in [0.717, 1.165) is 4.88 Å². The van der Waals surface area contributed by atoms with Gasteiger partial charge in [-0.2, -0.15) is 0 Å². The number of hydrogen-bond donors (Lipinski definition) is 3. The number of nitrogen functional groups attached to an aromatic ring is 1. The van der Waals surface area contributed by atoms with Crippen LogP contribution in [0.3, 0.4) is 0 Å². The Morgan fingerprint density at radius 3 is 2.72 bits per heavy atom. The predicted octanol–water partition coefficient (Wildman–Crippen LogP) is 1.41. The van der Waals surface area contributed by atoms with Crippen LogP contribution < -0.4 is 16.6 Å². The highest BCUT2D eigenvalue weighted by atomic mass is 35.5. The van der Waals surface area contributed by atoms with Crippen molar-refractivity contribution in [2.24, 2.45) is 5.84 Å². The van der Waals surface area contributed by atoms with Gasteiger partial charge in [-0.05, 0) is 24.3 Å². The summed E-state index contributed by atoms with van der Waals surface area (Å²) < 4.78 is 0.692. The predicted molar refractivity (Wildman–Crippen MR) is 70.3 cm³/mol. The number of hydrogen-bond acceptors (Lipinski definition) is 6. The highest BCUT2D eigenvalue weighted by Gasteiger charge is 2.08. The molecule has 0 saturated heterocycles. The van der Waals surface area contributed by atoms with Gasteiger partial charge in [0.05, 0.1) is 10.9 Å². The van der Waals surface area contributed by atoms with Crippen LogP contribution in [0.15, 0.2) is 24.3 Å². The molecule has 0 bridgehead atoms. The van der Waals surface area contributed by atoms with Crippen LogP contribution in [0.25, 0.3) is 0 Å². The number of nitrogens with two attached hydrogens (primary N) is 1. The standard InChI is InChI=1S/C10H10ClN5OS/c11-8-3-1-6(18-8)5-13-10(17)7-2-4-9(14-12)16-15-7/h1-4H,5,12H2,(H,13,17)(H,14,16). The Balaban J connectivity index is 1.94. The third-order valence-corrected chi connectivity index (χ3v) is 3.33. The van der Waals surface area contributed by atoms with Crippen molar-refractivity contribution < 1.29 is 4.79 Å². The second-order valence-electron chi connectivity index (χ2n) is 3.34. The van der Waals surface area contributed by atoms with Crippen molar-refractivity contribution in [3.8, 4) is 0 Å². The van der Waals surface area contributed by atoms with Crippen molar-refractivity contribution in [3.63, 3.8) is 0 Å². The fourth-order valence-electron chi connectivity index (χ4n) is 1.24. The van der Waals surface area contributed by atoms with Crippen molar-refractivity contribution >= 4 is 34.7 Å². The number of thiophene rings is 1. The lowest BCUT2D eigenvalue weighted by atomic mass is 10.3. The molecule has 0 aromatic carbocycles. The second-order valence-corrected chi connectivity index (χ2v) is 5.14. The Bertz CT molecular complexity index is 541. The molecule has 2 heterocycles. The van der Waals surface area contributed by atoms with Crippen molar-refractivity contribution in [1.82, 2.24) is 15.5 Å². The molecule has 2 aromatic rings. The molecule has 6 nitrogen and oxygen atoms in total. The van der Waals surface area contributed by atoms with E-state index in [2.05, 4.69) is 20.9 Å². The highest BCUT2D eigenvalue weighted by molar-refractivity contribution is 7.16. The summed E-state index contributed by atoms with van der Waals surface area (Å²) in [5.74, 6) is 5.25. The first kappa shape index (κ1) is 12.7. The van der Waals surface area contributed by atoms with Gasteiger partial charge in [0.25, 0.3) is 5.91 Å². The molecule has 0 unspecified atom stereocenters. The first-order valence-electron chi connectivity index (χ1n) is 5.02. The summed E-state index contributed by atoms with van der Waals surface area (Å²) in [5, 5.41) is 10.2. The van der Waals surface area contributed by atoms with E-state index in [-0.39, 0.29) is 11.6 Å². The minimum Gasteiger partial charge on any atom is -0.346 e. The summed E-state index contributed by atoms with van der Waals surface area (Å²) in [6, 6.07) is 6.76. The summed E-state index contributed by atoms with van der Waals surface area (Å²) in [6.45, 7) is 0.411. The first-order valence-corrected chi connectivity index (χ1v) is 6.21. The molecule has 1 amide bonds. The van der Waals surface area contributed by atoms with E-state index in [4.69, 9.17) is 17.4 Å². The summed E-state index contributed by atoms with van der Waals surface area (Å²) in [5.41, 5.74) is 2.57. The van der Waals surface area contributed by atoms with E-state index >= 15 is 0 Å². The van der Waals surface area contributed by atoms with Crippen molar-refractivity contribution in [1.29, 1.82) is 0 Å². The number of anilines is 1. The number of rotatable bonds is 4. The van der Waals surface area contributed by atoms with Gasteiger partial charge in [0.2, 0.25) is 0 Å². The maximum absolute atomic E-state index is 11.7. The molecule has 0 spiro atoms. The fraction of sp³-hybridized carbons (Fsp3) is 0.100. The maximum Gasteiger partial charge on any atom is 0.272 e. The van der Waals surface area contributed by atoms with Gasteiger partial charge in [-0.25, -0.2) is 5.84 Å². The molecule has 18 heavy (non-hydrogen) atoms. The largest absolute Gasteiger partial charge is 0.346 e. The SMILES string of the molecule is NNc1ccc(C(=O)NCc2ccc(Cl)s2)nn1. The third kappa shape index (κ3) is 3.16. The average molecular weight is 284 g/mol. The molecule has 4 N–H and O–H groups in total. The quantitative estimate of drug-likeness (QED) is 0.583. The Hall–Kier alpha value is -1.70. The number of carbonyl (C=O) groups is 1. The molecule has 94 valence electrons. The average Bonchev–Trinajstić information content (AvgIpc) is 2.82. The van der Waals surface area contributed by atoms with Crippen LogP contribution in [-0.2, 0) is 6.54 Å². The summed E-state index contributed by atoms with van der Waals surface area (Å²) >= 11 is 7.21. The molecule has 2 aromatic heterocycles. The smallest absolute Gasteiger partial charge is 0.272 e. The number of nitrogens with zero attached hydrogens (tertiary/aromatic N) is 2. The molecular weight excluding hydrogens is 274 g/mol. The molecule has 2 rings (SSSR count). The first-order chi connectivity index (χ1) is 8.69. The van der Waals surface area contributed by atoms with E-state index in [1.54, 1.807) is 18.2 Å². The van der Waals surface area contributed by atoms with Crippen LogP contribution in [0.4, 0.5) is 5.82 Å². The van der Waals surface area contributed by atoms with Gasteiger partial charge in [0.15, 0.2) is 11.5 Å². The molecule has 0 aliphatic carbocycles. The lowest BCUT2D eigenvalue weighted by Crippen LogP contribution is -2.24. The number of halogens is 1. The van der Waals surface area contributed by atoms with Gasteiger partial charge < -0.3 is 10.7 Å². The van der Waals surface area contributed by atoms with Gasteiger partial charge >= 0.3 is 0 Å². The summed E-state index contributed by atoms with van der Waals surface area (Å²) in [4.78, 5) is 12.7. The van der Waals surface area contributed by atoms with Gasteiger partial charge in [0, 0.05) is 4.88 Å². The molecule has 0 saturated carbocycles. The number of carbonyl (C=O) groups excluding carboxylic acids is 1. The minimum absolute atomic E-state index is 0.233. The van der Waals surface area contributed by atoms with E-state index in [9.17, 15) is 4.79 Å². The van der Waals surface area contributed by atoms with E-state index in [1.807, 2.05) is 6.07 Å². The molecule has 0 aliphatic heterocycles. The Morgan fingerprint density at radius 1 is 1.33 bits per heavy atom. The van der Waals surface area contributed by atoms with Gasteiger partial charge in [0.1, 0.15) is 0 Å². The number of amides is 1. The van der Waals surface area contributed by atoms with Crippen LogP contribution in [0.1, 0.15) is 15.4 Å². The van der Waals surface area contributed by atoms with Crippen molar-refractivity contribution in [3.05, 3.63) is 39.2 Å². The normalized spacial score (nSPS) is 10.1. The fourth-order valence-corrected chi connectivity index (χ4v) is 2.26. The Labute approximate surface area is 112 Å². The van der Waals surface area contributed by atoms with E-state index in [1.165, 1.54) is 11.3 Å². The molecule has 8 heteroatoms. The second kappa shape index (κ2) is 5.76.